The molecular weight excluding hydrogens is 362 g/mol. The molecule has 0 aliphatic heterocycles. The average molecular weight is 381 g/mol. The molecule has 3 N–H and O–H groups in total. The van der Waals surface area contributed by atoms with Gasteiger partial charge in [0.25, 0.3) is 0 Å². The Kier molecular flexibility index (Phi) is 4.95. The molecule has 0 spiro atoms. The van der Waals surface area contributed by atoms with Crippen LogP contribution in [0, 0.1) is 0 Å². The summed E-state index contributed by atoms with van der Waals surface area (Å²) in [6.07, 6.45) is 0. The average Bonchev–Trinajstić information content (AvgIpc) is 2.76. The van der Waals surface area contributed by atoms with E-state index >= 15 is 0 Å². The number of fused-ring (bicyclic) bond motifs is 1. The molecule has 0 atom stereocenters. The lowest BCUT2D eigenvalue weighted by Gasteiger charge is -2.22. The van der Waals surface area contributed by atoms with E-state index in [0.717, 1.165) is 10.8 Å². The Morgan fingerprint density at radius 2 is 1.31 bits per heavy atom. The predicted octanol–water partition coefficient (Wildman–Crippen LogP) is 4.73. The summed E-state index contributed by atoms with van der Waals surface area (Å²) in [5, 5.41) is 4.75. The maximum Gasteiger partial charge on any atom is 0.321 e. The number of benzene rings is 4. The molecule has 142 valence electrons. The van der Waals surface area contributed by atoms with Crippen molar-refractivity contribution in [3.63, 3.8) is 0 Å². The van der Waals surface area contributed by atoms with Gasteiger partial charge in [-0.1, -0.05) is 48.5 Å². The van der Waals surface area contributed by atoms with Crippen molar-refractivity contribution in [2.24, 2.45) is 0 Å². The van der Waals surface area contributed by atoms with Crippen LogP contribution >= 0.6 is 0 Å². The second-order valence-corrected chi connectivity index (χ2v) is 6.58. The fraction of sp³-hybridized carbons (Fsp3) is 0. The van der Waals surface area contributed by atoms with Gasteiger partial charge < -0.3 is 11.1 Å². The number of anilines is 4. The first-order valence-corrected chi connectivity index (χ1v) is 9.17. The van der Waals surface area contributed by atoms with Gasteiger partial charge >= 0.3 is 11.8 Å². The Balaban J connectivity index is 1.64. The number of hydrogen-bond acceptors (Lipinski definition) is 3. The Morgan fingerprint density at radius 3 is 2.03 bits per heavy atom. The molecule has 0 saturated heterocycles. The zero-order valence-corrected chi connectivity index (χ0v) is 15.6. The molecule has 0 bridgehead atoms. The number of rotatable bonds is 3. The Labute approximate surface area is 168 Å². The molecule has 0 aliphatic rings. The van der Waals surface area contributed by atoms with Crippen molar-refractivity contribution in [2.45, 2.75) is 0 Å². The molecule has 0 aliphatic carbocycles. The highest BCUT2D eigenvalue weighted by Gasteiger charge is 2.25. The summed E-state index contributed by atoms with van der Waals surface area (Å²) in [5.41, 5.74) is 8.06. The first kappa shape index (κ1) is 18.3. The summed E-state index contributed by atoms with van der Waals surface area (Å²) in [7, 11) is 0. The fourth-order valence-electron chi connectivity index (χ4n) is 3.14. The SMILES string of the molecule is Nc1ccc(N(C(=O)C(=O)Nc2ccc3ccccc3c2)c2ccccc2)cc1. The van der Waals surface area contributed by atoms with Crippen LogP contribution < -0.4 is 16.0 Å². The highest BCUT2D eigenvalue weighted by Crippen LogP contribution is 2.27. The largest absolute Gasteiger partial charge is 0.399 e. The summed E-state index contributed by atoms with van der Waals surface area (Å²) in [6.45, 7) is 0. The molecule has 29 heavy (non-hydrogen) atoms. The highest BCUT2D eigenvalue weighted by molar-refractivity contribution is 6.45. The first-order valence-electron chi connectivity index (χ1n) is 9.17. The van der Waals surface area contributed by atoms with E-state index in [1.54, 1.807) is 42.5 Å². The van der Waals surface area contributed by atoms with E-state index in [4.69, 9.17) is 5.73 Å². The van der Waals surface area contributed by atoms with Crippen molar-refractivity contribution in [3.05, 3.63) is 97.1 Å². The number of hydrogen-bond donors (Lipinski definition) is 2. The Morgan fingerprint density at radius 1 is 0.690 bits per heavy atom. The topological polar surface area (TPSA) is 75.4 Å². The van der Waals surface area contributed by atoms with Gasteiger partial charge in [-0.3, -0.25) is 14.5 Å². The van der Waals surface area contributed by atoms with Gasteiger partial charge in [0.15, 0.2) is 0 Å². The lowest BCUT2D eigenvalue weighted by atomic mass is 10.1. The molecule has 0 fully saturated rings. The normalized spacial score (nSPS) is 10.5. The summed E-state index contributed by atoms with van der Waals surface area (Å²) in [6, 6.07) is 29.2. The van der Waals surface area contributed by atoms with Crippen molar-refractivity contribution >= 4 is 45.3 Å². The molecule has 4 aromatic carbocycles. The Hall–Kier alpha value is -4.12. The quantitative estimate of drug-likeness (QED) is 0.398. The third kappa shape index (κ3) is 3.94. The van der Waals surface area contributed by atoms with Gasteiger partial charge in [-0.05, 0) is 59.3 Å². The van der Waals surface area contributed by atoms with E-state index in [9.17, 15) is 9.59 Å². The molecule has 5 nitrogen and oxygen atoms in total. The van der Waals surface area contributed by atoms with E-state index in [2.05, 4.69) is 5.32 Å². The molecule has 0 saturated carbocycles. The third-order valence-corrected chi connectivity index (χ3v) is 4.57. The van der Waals surface area contributed by atoms with Crippen molar-refractivity contribution < 1.29 is 9.59 Å². The maximum atomic E-state index is 13.1. The van der Waals surface area contributed by atoms with Crippen LogP contribution in [0.2, 0.25) is 0 Å². The zero-order valence-electron chi connectivity index (χ0n) is 15.6. The van der Waals surface area contributed by atoms with Gasteiger partial charge in [0.1, 0.15) is 0 Å². The van der Waals surface area contributed by atoms with Gasteiger partial charge in [0.05, 0.1) is 0 Å². The van der Waals surface area contributed by atoms with Crippen molar-refractivity contribution in [1.82, 2.24) is 0 Å². The number of carbonyl (C=O) groups is 2. The summed E-state index contributed by atoms with van der Waals surface area (Å²) < 4.78 is 0. The molecule has 0 unspecified atom stereocenters. The highest BCUT2D eigenvalue weighted by atomic mass is 16.2. The van der Waals surface area contributed by atoms with Gasteiger partial charge in [-0.2, -0.15) is 0 Å². The standard InChI is InChI=1S/C24H19N3O2/c25-19-11-14-22(15-12-19)27(21-8-2-1-3-9-21)24(29)23(28)26-20-13-10-17-6-4-5-7-18(17)16-20/h1-16H,25H2,(H,26,28). The lowest BCUT2D eigenvalue weighted by Crippen LogP contribution is -2.36. The molecule has 0 radical (unpaired) electrons. The number of para-hydroxylation sites is 1. The van der Waals surface area contributed by atoms with E-state index < -0.39 is 11.8 Å². The first-order chi connectivity index (χ1) is 14.1. The van der Waals surface area contributed by atoms with Crippen LogP contribution in [-0.2, 0) is 9.59 Å². The number of nitrogens with two attached hydrogens (primary N) is 1. The van der Waals surface area contributed by atoms with Crippen LogP contribution in [-0.4, -0.2) is 11.8 Å². The molecule has 0 aromatic heterocycles. The van der Waals surface area contributed by atoms with Crippen LogP contribution in [0.3, 0.4) is 0 Å². The second kappa shape index (κ2) is 7.86. The Bertz CT molecular complexity index is 1170. The molecule has 4 rings (SSSR count). The van der Waals surface area contributed by atoms with E-state index in [1.807, 2.05) is 54.6 Å². The summed E-state index contributed by atoms with van der Waals surface area (Å²) >= 11 is 0. The van der Waals surface area contributed by atoms with Crippen LogP contribution in [0.5, 0.6) is 0 Å². The molecule has 2 amide bonds. The van der Waals surface area contributed by atoms with Crippen molar-refractivity contribution in [2.75, 3.05) is 16.0 Å². The molecular formula is C24H19N3O2. The minimum Gasteiger partial charge on any atom is -0.399 e. The zero-order chi connectivity index (χ0) is 20.2. The van der Waals surface area contributed by atoms with E-state index in [0.29, 0.717) is 22.7 Å². The summed E-state index contributed by atoms with van der Waals surface area (Å²) in [5.74, 6) is -1.41. The molecule has 4 aromatic rings. The van der Waals surface area contributed by atoms with Crippen LogP contribution in [0.25, 0.3) is 10.8 Å². The van der Waals surface area contributed by atoms with Crippen molar-refractivity contribution in [1.29, 1.82) is 0 Å². The minimum absolute atomic E-state index is 0.559. The van der Waals surface area contributed by atoms with Crippen LogP contribution in [0.4, 0.5) is 22.7 Å². The number of carbonyl (C=O) groups excluding carboxylic acids is 2. The number of nitrogens with one attached hydrogen (secondary N) is 1. The van der Waals surface area contributed by atoms with Gasteiger partial charge in [0, 0.05) is 22.7 Å². The smallest absolute Gasteiger partial charge is 0.321 e. The third-order valence-electron chi connectivity index (χ3n) is 4.57. The fourth-order valence-corrected chi connectivity index (χ4v) is 3.14. The predicted molar refractivity (Wildman–Crippen MR) is 117 cm³/mol. The minimum atomic E-state index is -0.721. The summed E-state index contributed by atoms with van der Waals surface area (Å²) in [4.78, 5) is 27.2. The monoisotopic (exact) mass is 381 g/mol. The van der Waals surface area contributed by atoms with Gasteiger partial charge in [-0.15, -0.1) is 0 Å². The van der Waals surface area contributed by atoms with Crippen molar-refractivity contribution in [3.8, 4) is 0 Å². The number of nitrogens with zero attached hydrogens (tertiary/aromatic N) is 1. The van der Waals surface area contributed by atoms with Gasteiger partial charge in [0.2, 0.25) is 0 Å². The lowest BCUT2D eigenvalue weighted by molar-refractivity contribution is -0.134. The maximum absolute atomic E-state index is 13.1. The van der Waals surface area contributed by atoms with E-state index in [1.165, 1.54) is 4.90 Å². The van der Waals surface area contributed by atoms with Crippen LogP contribution in [0.15, 0.2) is 97.1 Å². The number of nitrogen functional groups attached to an aromatic ring is 1. The van der Waals surface area contributed by atoms with Crippen LogP contribution in [0.1, 0.15) is 0 Å². The second-order valence-electron chi connectivity index (χ2n) is 6.58. The molecule has 0 heterocycles. The van der Waals surface area contributed by atoms with E-state index in [-0.39, 0.29) is 0 Å². The van der Waals surface area contributed by atoms with Gasteiger partial charge in [-0.25, -0.2) is 0 Å². The molecule has 5 heteroatoms. The number of amides is 2.